The van der Waals surface area contributed by atoms with Gasteiger partial charge in [0.25, 0.3) is 0 Å². The van der Waals surface area contributed by atoms with Crippen molar-refractivity contribution >= 4 is 23.5 Å². The average Bonchev–Trinajstić information content (AvgIpc) is 2.53. The Morgan fingerprint density at radius 3 is 2.57 bits per heavy atom. The summed E-state index contributed by atoms with van der Waals surface area (Å²) in [4.78, 5) is 13.0. The van der Waals surface area contributed by atoms with Crippen molar-refractivity contribution < 1.29 is 9.53 Å². The van der Waals surface area contributed by atoms with Gasteiger partial charge in [0.05, 0.1) is 12.8 Å². The number of rotatable bonds is 6. The summed E-state index contributed by atoms with van der Waals surface area (Å²) in [6, 6.07) is 17.2. The van der Waals surface area contributed by atoms with E-state index in [9.17, 15) is 4.79 Å². The summed E-state index contributed by atoms with van der Waals surface area (Å²) >= 11 is 1.71. The number of hydrogen-bond acceptors (Lipinski definition) is 3. The van der Waals surface area contributed by atoms with Crippen molar-refractivity contribution in [2.45, 2.75) is 4.90 Å². The molecule has 0 atom stereocenters. The summed E-state index contributed by atoms with van der Waals surface area (Å²) < 4.78 is 5.18. The predicted octanol–water partition coefficient (Wildman–Crippen LogP) is 3.61. The van der Waals surface area contributed by atoms with Gasteiger partial charge in [0, 0.05) is 17.2 Å². The quantitative estimate of drug-likeness (QED) is 0.633. The lowest BCUT2D eigenvalue weighted by Gasteiger charge is -2.10. The van der Waals surface area contributed by atoms with Gasteiger partial charge in [0.15, 0.2) is 0 Å². The maximum Gasteiger partial charge on any atom is 0.319 e. The molecule has 4 nitrogen and oxygen atoms in total. The topological polar surface area (TPSA) is 50.4 Å². The number of hydrogen-bond donors (Lipinski definition) is 2. The van der Waals surface area contributed by atoms with E-state index < -0.39 is 0 Å². The molecule has 2 N–H and O–H groups in total. The first-order valence-electron chi connectivity index (χ1n) is 6.65. The van der Waals surface area contributed by atoms with Gasteiger partial charge in [-0.3, -0.25) is 0 Å². The second kappa shape index (κ2) is 8.21. The largest absolute Gasteiger partial charge is 0.495 e. The lowest BCUT2D eigenvalue weighted by molar-refractivity contribution is 0.252. The minimum Gasteiger partial charge on any atom is -0.495 e. The van der Waals surface area contributed by atoms with Crippen LogP contribution in [0.1, 0.15) is 0 Å². The SMILES string of the molecule is COc1ccccc1NC(=O)NCCSc1ccccc1. The second-order valence-corrected chi connectivity index (χ2v) is 5.41. The summed E-state index contributed by atoms with van der Waals surface area (Å²) in [5.41, 5.74) is 0.660. The van der Waals surface area contributed by atoms with E-state index in [0.717, 1.165) is 5.75 Å². The molecule has 0 saturated heterocycles. The molecule has 0 aliphatic carbocycles. The molecule has 0 unspecified atom stereocenters. The number of benzene rings is 2. The van der Waals surface area contributed by atoms with Crippen LogP contribution in [0.5, 0.6) is 5.75 Å². The molecule has 0 radical (unpaired) electrons. The molecule has 0 saturated carbocycles. The molecule has 0 fully saturated rings. The number of carbonyl (C=O) groups excluding carboxylic acids is 1. The van der Waals surface area contributed by atoms with E-state index in [0.29, 0.717) is 18.0 Å². The maximum atomic E-state index is 11.8. The molecule has 0 bridgehead atoms. The molecule has 0 aliphatic rings. The Morgan fingerprint density at radius 1 is 1.10 bits per heavy atom. The third-order valence-corrected chi connectivity index (χ3v) is 3.77. The molecule has 0 heterocycles. The maximum absolute atomic E-state index is 11.8. The number of ether oxygens (including phenoxy) is 1. The van der Waals surface area contributed by atoms with Crippen molar-refractivity contribution in [2.75, 3.05) is 24.7 Å². The van der Waals surface area contributed by atoms with E-state index in [1.807, 2.05) is 30.3 Å². The Balaban J connectivity index is 1.72. The zero-order chi connectivity index (χ0) is 14.9. The number of anilines is 1. The van der Waals surface area contributed by atoms with Crippen LogP contribution in [0.15, 0.2) is 59.5 Å². The van der Waals surface area contributed by atoms with E-state index in [1.54, 1.807) is 31.0 Å². The van der Waals surface area contributed by atoms with Gasteiger partial charge in [-0.1, -0.05) is 30.3 Å². The van der Waals surface area contributed by atoms with Gasteiger partial charge >= 0.3 is 6.03 Å². The van der Waals surface area contributed by atoms with Crippen molar-refractivity contribution in [3.63, 3.8) is 0 Å². The van der Waals surface area contributed by atoms with Crippen LogP contribution in [0.4, 0.5) is 10.5 Å². The highest BCUT2D eigenvalue weighted by Crippen LogP contribution is 2.22. The fraction of sp³-hybridized carbons (Fsp3) is 0.188. The molecule has 0 aromatic heterocycles. The molecule has 2 amide bonds. The minimum absolute atomic E-state index is 0.229. The highest BCUT2D eigenvalue weighted by atomic mass is 32.2. The van der Waals surface area contributed by atoms with Crippen LogP contribution in [-0.4, -0.2) is 25.4 Å². The molecular weight excluding hydrogens is 284 g/mol. The lowest BCUT2D eigenvalue weighted by Crippen LogP contribution is -2.30. The van der Waals surface area contributed by atoms with E-state index in [1.165, 1.54) is 4.90 Å². The van der Waals surface area contributed by atoms with E-state index >= 15 is 0 Å². The van der Waals surface area contributed by atoms with Crippen LogP contribution in [0, 0.1) is 0 Å². The van der Waals surface area contributed by atoms with Crippen LogP contribution in [0.3, 0.4) is 0 Å². The van der Waals surface area contributed by atoms with E-state index in [2.05, 4.69) is 22.8 Å². The molecule has 5 heteroatoms. The summed E-state index contributed by atoms with van der Waals surface area (Å²) in [5.74, 6) is 1.47. The summed E-state index contributed by atoms with van der Waals surface area (Å²) in [5, 5.41) is 5.60. The Bertz CT molecular complexity index is 575. The Kier molecular flexibility index (Phi) is 5.97. The van der Waals surface area contributed by atoms with Crippen LogP contribution in [-0.2, 0) is 0 Å². The molecule has 21 heavy (non-hydrogen) atoms. The predicted molar refractivity (Wildman–Crippen MR) is 87.2 cm³/mol. The molecular formula is C16H18N2O2S. The van der Waals surface area contributed by atoms with Crippen LogP contribution in [0.2, 0.25) is 0 Å². The first kappa shape index (κ1) is 15.3. The average molecular weight is 302 g/mol. The van der Waals surface area contributed by atoms with Crippen molar-refractivity contribution in [1.82, 2.24) is 5.32 Å². The van der Waals surface area contributed by atoms with Gasteiger partial charge in [-0.25, -0.2) is 4.79 Å². The number of carbonyl (C=O) groups is 1. The fourth-order valence-corrected chi connectivity index (χ4v) is 2.55. The molecule has 0 aliphatic heterocycles. The van der Waals surface area contributed by atoms with E-state index in [4.69, 9.17) is 4.74 Å². The second-order valence-electron chi connectivity index (χ2n) is 4.24. The van der Waals surface area contributed by atoms with Crippen molar-refractivity contribution in [2.24, 2.45) is 0 Å². The number of amides is 2. The molecule has 110 valence electrons. The molecule has 0 spiro atoms. The van der Waals surface area contributed by atoms with Gasteiger partial charge < -0.3 is 15.4 Å². The first-order chi connectivity index (χ1) is 10.3. The summed E-state index contributed by atoms with van der Waals surface area (Å²) in [7, 11) is 1.58. The smallest absolute Gasteiger partial charge is 0.319 e. The molecule has 2 rings (SSSR count). The van der Waals surface area contributed by atoms with E-state index in [-0.39, 0.29) is 6.03 Å². The van der Waals surface area contributed by atoms with Gasteiger partial charge in [-0.2, -0.15) is 0 Å². The first-order valence-corrected chi connectivity index (χ1v) is 7.64. The normalized spacial score (nSPS) is 9.95. The number of methoxy groups -OCH3 is 1. The minimum atomic E-state index is -0.229. The number of nitrogens with one attached hydrogen (secondary N) is 2. The zero-order valence-electron chi connectivity index (χ0n) is 11.8. The van der Waals surface area contributed by atoms with Gasteiger partial charge in [-0.05, 0) is 24.3 Å². The Morgan fingerprint density at radius 2 is 1.81 bits per heavy atom. The number of urea groups is 1. The van der Waals surface area contributed by atoms with Gasteiger partial charge in [-0.15, -0.1) is 11.8 Å². The Labute approximate surface area is 128 Å². The number of thioether (sulfide) groups is 1. The molecule has 2 aromatic rings. The number of para-hydroxylation sites is 2. The highest BCUT2D eigenvalue weighted by Gasteiger charge is 2.05. The summed E-state index contributed by atoms with van der Waals surface area (Å²) in [6.07, 6.45) is 0. The third-order valence-electron chi connectivity index (χ3n) is 2.75. The van der Waals surface area contributed by atoms with Crippen molar-refractivity contribution in [1.29, 1.82) is 0 Å². The van der Waals surface area contributed by atoms with Crippen LogP contribution < -0.4 is 15.4 Å². The third kappa shape index (κ3) is 5.04. The lowest BCUT2D eigenvalue weighted by atomic mass is 10.3. The Hall–Kier alpha value is -2.14. The van der Waals surface area contributed by atoms with Crippen molar-refractivity contribution in [3.05, 3.63) is 54.6 Å². The van der Waals surface area contributed by atoms with Gasteiger partial charge in [0.2, 0.25) is 0 Å². The molecule has 2 aromatic carbocycles. The standard InChI is InChI=1S/C16H18N2O2S/c1-20-15-10-6-5-9-14(15)18-16(19)17-11-12-21-13-7-3-2-4-8-13/h2-10H,11-12H2,1H3,(H2,17,18,19). The van der Waals surface area contributed by atoms with Gasteiger partial charge in [0.1, 0.15) is 5.75 Å². The van der Waals surface area contributed by atoms with Crippen LogP contribution in [0.25, 0.3) is 0 Å². The fourth-order valence-electron chi connectivity index (χ4n) is 1.76. The monoisotopic (exact) mass is 302 g/mol. The van der Waals surface area contributed by atoms with Crippen molar-refractivity contribution in [3.8, 4) is 5.75 Å². The van der Waals surface area contributed by atoms with Crippen LogP contribution >= 0.6 is 11.8 Å². The summed E-state index contributed by atoms with van der Waals surface area (Å²) in [6.45, 7) is 0.598. The highest BCUT2D eigenvalue weighted by molar-refractivity contribution is 7.99. The zero-order valence-corrected chi connectivity index (χ0v) is 12.7.